The van der Waals surface area contributed by atoms with Crippen molar-refractivity contribution >= 4 is 5.91 Å². The standard InChI is InChI=1S/C13H19N7O2/c1-2-11-15-13(17-16-11)10-9-19(7-8-22-10)12(21)3-5-20-6-4-14-18-20/h4,6,10H,2-3,5,7-9H2,1H3,(H,15,16,17)/t10-/m0/s1. The summed E-state index contributed by atoms with van der Waals surface area (Å²) in [6, 6.07) is 0. The van der Waals surface area contributed by atoms with E-state index in [1.54, 1.807) is 22.0 Å². The number of morpholine rings is 1. The summed E-state index contributed by atoms with van der Waals surface area (Å²) >= 11 is 0. The largest absolute Gasteiger partial charge is 0.366 e. The number of aryl methyl sites for hydroxylation is 2. The number of rotatable bonds is 5. The number of ether oxygens (including phenoxy) is 1. The van der Waals surface area contributed by atoms with Gasteiger partial charge in [0.2, 0.25) is 5.91 Å². The summed E-state index contributed by atoms with van der Waals surface area (Å²) in [6.07, 6.45) is 4.27. The highest BCUT2D eigenvalue weighted by molar-refractivity contribution is 5.76. The number of H-pyrrole nitrogens is 1. The van der Waals surface area contributed by atoms with Crippen molar-refractivity contribution in [1.29, 1.82) is 0 Å². The Balaban J connectivity index is 1.56. The highest BCUT2D eigenvalue weighted by atomic mass is 16.5. The van der Waals surface area contributed by atoms with Crippen molar-refractivity contribution in [3.63, 3.8) is 0 Å². The van der Waals surface area contributed by atoms with E-state index in [-0.39, 0.29) is 12.0 Å². The molecule has 1 saturated heterocycles. The van der Waals surface area contributed by atoms with E-state index < -0.39 is 0 Å². The van der Waals surface area contributed by atoms with Gasteiger partial charge in [-0.1, -0.05) is 12.1 Å². The lowest BCUT2D eigenvalue weighted by atomic mass is 10.2. The maximum Gasteiger partial charge on any atom is 0.224 e. The topological polar surface area (TPSA) is 102 Å². The number of hydrogen-bond acceptors (Lipinski definition) is 6. The Morgan fingerprint density at radius 2 is 2.45 bits per heavy atom. The first kappa shape index (κ1) is 14.6. The molecule has 0 saturated carbocycles. The van der Waals surface area contributed by atoms with E-state index in [2.05, 4.69) is 25.5 Å². The minimum absolute atomic E-state index is 0.0788. The second kappa shape index (κ2) is 6.65. The van der Waals surface area contributed by atoms with Crippen LogP contribution in [-0.4, -0.2) is 60.7 Å². The highest BCUT2D eigenvalue weighted by Crippen LogP contribution is 2.19. The SMILES string of the molecule is CCc1nc([C@@H]2CN(C(=O)CCn3ccnn3)CCO2)n[nH]1. The van der Waals surface area contributed by atoms with Gasteiger partial charge in [0.15, 0.2) is 5.82 Å². The van der Waals surface area contributed by atoms with Crippen molar-refractivity contribution in [1.82, 2.24) is 35.1 Å². The summed E-state index contributed by atoms with van der Waals surface area (Å²) in [5.41, 5.74) is 0. The Hall–Kier alpha value is -2.29. The number of aromatic nitrogens is 6. The van der Waals surface area contributed by atoms with Crippen molar-refractivity contribution in [3.8, 4) is 0 Å². The van der Waals surface area contributed by atoms with E-state index in [0.29, 0.717) is 38.5 Å². The monoisotopic (exact) mass is 305 g/mol. The van der Waals surface area contributed by atoms with Gasteiger partial charge in [-0.25, -0.2) is 4.98 Å². The van der Waals surface area contributed by atoms with Crippen LogP contribution in [0, 0.1) is 0 Å². The molecule has 0 aliphatic carbocycles. The van der Waals surface area contributed by atoms with Gasteiger partial charge < -0.3 is 9.64 Å². The van der Waals surface area contributed by atoms with Gasteiger partial charge >= 0.3 is 0 Å². The number of nitrogens with zero attached hydrogens (tertiary/aromatic N) is 6. The predicted molar refractivity (Wildman–Crippen MR) is 75.7 cm³/mol. The quantitative estimate of drug-likeness (QED) is 0.831. The fourth-order valence-electron chi connectivity index (χ4n) is 2.36. The molecule has 2 aromatic heterocycles. The van der Waals surface area contributed by atoms with Crippen molar-refractivity contribution in [2.45, 2.75) is 32.4 Å². The molecule has 1 N–H and O–H groups in total. The molecule has 1 atom stereocenters. The van der Waals surface area contributed by atoms with Crippen LogP contribution < -0.4 is 0 Å². The van der Waals surface area contributed by atoms with Gasteiger partial charge in [-0.3, -0.25) is 14.6 Å². The summed E-state index contributed by atoms with van der Waals surface area (Å²) in [6.45, 7) is 4.11. The lowest BCUT2D eigenvalue weighted by Crippen LogP contribution is -2.42. The van der Waals surface area contributed by atoms with Crippen LogP contribution in [0.4, 0.5) is 0 Å². The predicted octanol–water partition coefficient (Wildman–Crippen LogP) is -0.0512. The Bertz CT molecular complexity index is 610. The van der Waals surface area contributed by atoms with E-state index in [9.17, 15) is 4.79 Å². The van der Waals surface area contributed by atoms with Crippen LogP contribution in [0.25, 0.3) is 0 Å². The van der Waals surface area contributed by atoms with Crippen LogP contribution >= 0.6 is 0 Å². The summed E-state index contributed by atoms with van der Waals surface area (Å²) in [5.74, 6) is 1.52. The van der Waals surface area contributed by atoms with E-state index in [1.807, 2.05) is 6.92 Å². The molecular weight excluding hydrogens is 286 g/mol. The lowest BCUT2D eigenvalue weighted by Gasteiger charge is -2.31. The molecule has 1 amide bonds. The minimum Gasteiger partial charge on any atom is -0.366 e. The smallest absolute Gasteiger partial charge is 0.224 e. The Kier molecular flexibility index (Phi) is 4.42. The van der Waals surface area contributed by atoms with Gasteiger partial charge in [0.1, 0.15) is 11.9 Å². The maximum absolute atomic E-state index is 12.3. The summed E-state index contributed by atoms with van der Waals surface area (Å²) < 4.78 is 7.34. The number of amides is 1. The molecule has 1 aliphatic heterocycles. The first-order chi connectivity index (χ1) is 10.8. The van der Waals surface area contributed by atoms with Crippen molar-refractivity contribution in [2.24, 2.45) is 0 Å². The maximum atomic E-state index is 12.3. The van der Waals surface area contributed by atoms with Crippen LogP contribution in [0.5, 0.6) is 0 Å². The molecule has 0 radical (unpaired) electrons. The summed E-state index contributed by atoms with van der Waals surface area (Å²) in [4.78, 5) is 18.5. The molecule has 9 nitrogen and oxygen atoms in total. The molecule has 0 unspecified atom stereocenters. The van der Waals surface area contributed by atoms with Gasteiger partial charge in [0.05, 0.1) is 25.9 Å². The average Bonchev–Trinajstić information content (AvgIpc) is 3.24. The highest BCUT2D eigenvalue weighted by Gasteiger charge is 2.27. The molecule has 3 heterocycles. The average molecular weight is 305 g/mol. The molecule has 1 fully saturated rings. The van der Waals surface area contributed by atoms with Crippen LogP contribution in [0.15, 0.2) is 12.4 Å². The van der Waals surface area contributed by atoms with Crippen LogP contribution in [0.1, 0.15) is 31.1 Å². The van der Waals surface area contributed by atoms with E-state index in [4.69, 9.17) is 4.74 Å². The molecule has 3 rings (SSSR count). The normalized spacial score (nSPS) is 18.6. The van der Waals surface area contributed by atoms with Crippen molar-refractivity contribution in [2.75, 3.05) is 19.7 Å². The molecule has 22 heavy (non-hydrogen) atoms. The van der Waals surface area contributed by atoms with Crippen molar-refractivity contribution < 1.29 is 9.53 Å². The van der Waals surface area contributed by atoms with E-state index in [1.165, 1.54) is 0 Å². The zero-order valence-electron chi connectivity index (χ0n) is 12.5. The number of aromatic amines is 1. The third-order valence-electron chi connectivity index (χ3n) is 3.62. The van der Waals surface area contributed by atoms with Gasteiger partial charge in [-0.2, -0.15) is 5.10 Å². The van der Waals surface area contributed by atoms with Crippen LogP contribution in [0.3, 0.4) is 0 Å². The molecule has 1 aliphatic rings. The number of carbonyl (C=O) groups is 1. The van der Waals surface area contributed by atoms with Crippen LogP contribution in [0.2, 0.25) is 0 Å². The first-order valence-corrected chi connectivity index (χ1v) is 7.41. The fourth-order valence-corrected chi connectivity index (χ4v) is 2.36. The second-order valence-corrected chi connectivity index (χ2v) is 5.11. The minimum atomic E-state index is -0.263. The lowest BCUT2D eigenvalue weighted by molar-refractivity contribution is -0.139. The summed E-state index contributed by atoms with van der Waals surface area (Å²) in [7, 11) is 0. The molecule has 0 spiro atoms. The molecule has 2 aromatic rings. The third kappa shape index (κ3) is 3.30. The third-order valence-corrected chi connectivity index (χ3v) is 3.62. The summed E-state index contributed by atoms with van der Waals surface area (Å²) in [5, 5.41) is 14.6. The second-order valence-electron chi connectivity index (χ2n) is 5.11. The Morgan fingerprint density at radius 3 is 3.18 bits per heavy atom. The molecule has 0 bridgehead atoms. The Labute approximate surface area is 127 Å². The molecule has 0 aromatic carbocycles. The van der Waals surface area contributed by atoms with Crippen LogP contribution in [-0.2, 0) is 22.5 Å². The number of hydrogen-bond donors (Lipinski definition) is 1. The van der Waals surface area contributed by atoms with Gasteiger partial charge in [-0.15, -0.1) is 5.10 Å². The molecule has 9 heteroatoms. The van der Waals surface area contributed by atoms with Crippen molar-refractivity contribution in [3.05, 3.63) is 24.0 Å². The van der Waals surface area contributed by atoms with Gasteiger partial charge in [0, 0.05) is 25.6 Å². The number of carbonyl (C=O) groups excluding carboxylic acids is 1. The van der Waals surface area contributed by atoms with Gasteiger partial charge in [0.25, 0.3) is 0 Å². The zero-order chi connectivity index (χ0) is 15.4. The van der Waals surface area contributed by atoms with E-state index in [0.717, 1.165) is 12.2 Å². The molecular formula is C13H19N7O2. The van der Waals surface area contributed by atoms with Gasteiger partial charge in [-0.05, 0) is 0 Å². The van der Waals surface area contributed by atoms with E-state index >= 15 is 0 Å². The Morgan fingerprint density at radius 1 is 1.55 bits per heavy atom. The molecule has 118 valence electrons. The zero-order valence-corrected chi connectivity index (χ0v) is 12.5. The fraction of sp³-hybridized carbons (Fsp3) is 0.615. The number of nitrogens with one attached hydrogen (secondary N) is 1. The first-order valence-electron chi connectivity index (χ1n) is 7.41.